The number of hydrogen-bond acceptors (Lipinski definition) is 6. The van der Waals surface area contributed by atoms with Crippen LogP contribution in [-0.2, 0) is 16.6 Å². The molecule has 0 radical (unpaired) electrons. The van der Waals surface area contributed by atoms with Gasteiger partial charge >= 0.3 is 0 Å². The molecule has 8 nitrogen and oxygen atoms in total. The van der Waals surface area contributed by atoms with Crippen molar-refractivity contribution in [3.05, 3.63) is 107 Å². The van der Waals surface area contributed by atoms with Crippen LogP contribution in [0, 0.1) is 6.92 Å². The normalized spacial score (nSPS) is 11.2. The van der Waals surface area contributed by atoms with Crippen molar-refractivity contribution in [3.8, 4) is 5.69 Å². The zero-order chi connectivity index (χ0) is 27.4. The minimum absolute atomic E-state index is 0.104. The second kappa shape index (κ2) is 11.5. The smallest absolute Gasteiger partial charge is 0.295 e. The number of benzene rings is 3. The molecule has 0 aliphatic rings. The summed E-state index contributed by atoms with van der Waals surface area (Å²) in [6.07, 6.45) is 3.25. The first-order valence-corrected chi connectivity index (χ1v) is 13.9. The second-order valence-electron chi connectivity index (χ2n) is 8.67. The van der Waals surface area contributed by atoms with Gasteiger partial charge in [0.2, 0.25) is 11.8 Å². The average molecular weight is 556 g/mol. The number of anilines is 2. The molecular weight excluding hydrogens is 530 g/mol. The van der Waals surface area contributed by atoms with Gasteiger partial charge in [-0.1, -0.05) is 60.3 Å². The molecule has 2 heterocycles. The van der Waals surface area contributed by atoms with Crippen molar-refractivity contribution < 1.29 is 9.59 Å². The molecule has 0 spiro atoms. The fourth-order valence-electron chi connectivity index (χ4n) is 3.98. The molecule has 0 unspecified atom stereocenters. The first-order chi connectivity index (χ1) is 18.9. The summed E-state index contributed by atoms with van der Waals surface area (Å²) < 4.78 is 4.87. The maximum Gasteiger partial charge on any atom is 0.295 e. The van der Waals surface area contributed by atoms with Crippen LogP contribution in [0.25, 0.3) is 22.0 Å². The van der Waals surface area contributed by atoms with Crippen LogP contribution in [-0.4, -0.2) is 31.9 Å². The molecule has 5 rings (SSSR count). The van der Waals surface area contributed by atoms with Crippen molar-refractivity contribution in [1.29, 1.82) is 0 Å². The van der Waals surface area contributed by atoms with Gasteiger partial charge in [0.15, 0.2) is 4.34 Å². The van der Waals surface area contributed by atoms with Gasteiger partial charge in [0.05, 0.1) is 27.4 Å². The van der Waals surface area contributed by atoms with E-state index >= 15 is 0 Å². The van der Waals surface area contributed by atoms with E-state index in [0.717, 1.165) is 25.8 Å². The number of thiazole rings is 1. The minimum Gasteiger partial charge on any atom is -0.322 e. The van der Waals surface area contributed by atoms with Crippen LogP contribution in [0.2, 0.25) is 0 Å². The molecule has 0 saturated carbocycles. The molecule has 0 fully saturated rings. The van der Waals surface area contributed by atoms with E-state index in [1.54, 1.807) is 30.8 Å². The summed E-state index contributed by atoms with van der Waals surface area (Å²) in [6, 6.07) is 24.4. The Kier molecular flexibility index (Phi) is 7.76. The Balaban J connectivity index is 1.22. The van der Waals surface area contributed by atoms with E-state index in [0.29, 0.717) is 11.4 Å². The number of para-hydroxylation sites is 1. The van der Waals surface area contributed by atoms with Crippen molar-refractivity contribution in [2.24, 2.45) is 7.05 Å². The van der Waals surface area contributed by atoms with E-state index in [4.69, 9.17) is 0 Å². The fraction of sp³-hybridized carbons (Fsp3) is 0.103. The SMILES string of the molecule is Cc1c(NC(=O)CSc2nc3ccc(NC(=O)/C=C/c4ccccc4)cc3s2)c(=O)n(-c2ccccc2)n1C. The number of carbonyl (C=O) groups is 2. The van der Waals surface area contributed by atoms with Gasteiger partial charge in [0, 0.05) is 18.8 Å². The van der Waals surface area contributed by atoms with E-state index in [1.165, 1.54) is 33.9 Å². The molecule has 0 aliphatic carbocycles. The molecule has 39 heavy (non-hydrogen) atoms. The van der Waals surface area contributed by atoms with Crippen molar-refractivity contribution >= 4 is 62.6 Å². The van der Waals surface area contributed by atoms with Crippen LogP contribution < -0.4 is 16.2 Å². The Morgan fingerprint density at radius 2 is 1.72 bits per heavy atom. The van der Waals surface area contributed by atoms with Crippen molar-refractivity contribution in [2.45, 2.75) is 11.3 Å². The summed E-state index contributed by atoms with van der Waals surface area (Å²) >= 11 is 2.74. The molecule has 0 bridgehead atoms. The molecule has 196 valence electrons. The predicted molar refractivity (Wildman–Crippen MR) is 159 cm³/mol. The Labute approximate surface area is 233 Å². The van der Waals surface area contributed by atoms with Crippen LogP contribution in [0.5, 0.6) is 0 Å². The second-order valence-corrected chi connectivity index (χ2v) is 10.9. The third kappa shape index (κ3) is 6.02. The van der Waals surface area contributed by atoms with E-state index in [-0.39, 0.29) is 28.8 Å². The lowest BCUT2D eigenvalue weighted by molar-refractivity contribution is -0.114. The molecule has 0 aliphatic heterocycles. The van der Waals surface area contributed by atoms with Crippen molar-refractivity contribution in [2.75, 3.05) is 16.4 Å². The van der Waals surface area contributed by atoms with Gasteiger partial charge in [0.25, 0.3) is 5.56 Å². The first-order valence-electron chi connectivity index (χ1n) is 12.1. The summed E-state index contributed by atoms with van der Waals surface area (Å²) in [4.78, 5) is 42.7. The summed E-state index contributed by atoms with van der Waals surface area (Å²) in [6.45, 7) is 1.80. The van der Waals surface area contributed by atoms with E-state index in [2.05, 4.69) is 15.6 Å². The number of rotatable bonds is 8. The number of nitrogens with one attached hydrogen (secondary N) is 2. The van der Waals surface area contributed by atoms with Gasteiger partial charge in [-0.25, -0.2) is 9.67 Å². The molecule has 3 aromatic carbocycles. The maximum absolute atomic E-state index is 13.0. The molecule has 5 aromatic rings. The highest BCUT2D eigenvalue weighted by Crippen LogP contribution is 2.31. The molecule has 10 heteroatoms. The summed E-state index contributed by atoms with van der Waals surface area (Å²) in [5, 5.41) is 5.65. The maximum atomic E-state index is 13.0. The van der Waals surface area contributed by atoms with Gasteiger partial charge in [-0.15, -0.1) is 11.3 Å². The Morgan fingerprint density at radius 1 is 1.00 bits per heavy atom. The van der Waals surface area contributed by atoms with Crippen molar-refractivity contribution in [3.63, 3.8) is 0 Å². The van der Waals surface area contributed by atoms with Gasteiger partial charge in [-0.2, -0.15) is 0 Å². The van der Waals surface area contributed by atoms with Crippen LogP contribution in [0.1, 0.15) is 11.3 Å². The third-order valence-corrected chi connectivity index (χ3v) is 8.17. The summed E-state index contributed by atoms with van der Waals surface area (Å²) in [5.74, 6) is -0.410. The number of amides is 2. The first kappa shape index (κ1) is 26.2. The zero-order valence-electron chi connectivity index (χ0n) is 21.3. The highest BCUT2D eigenvalue weighted by molar-refractivity contribution is 8.01. The predicted octanol–water partition coefficient (Wildman–Crippen LogP) is 5.48. The summed E-state index contributed by atoms with van der Waals surface area (Å²) in [7, 11) is 1.78. The number of aromatic nitrogens is 3. The zero-order valence-corrected chi connectivity index (χ0v) is 22.9. The van der Waals surface area contributed by atoms with Crippen LogP contribution in [0.4, 0.5) is 11.4 Å². The quantitative estimate of drug-likeness (QED) is 0.195. The Bertz CT molecular complexity index is 1740. The standard InChI is InChI=1S/C29H25N5O3S2/c1-19-27(28(37)34(33(19)2)22-11-7-4-8-12-22)32-26(36)18-38-29-31-23-15-14-21(17-24(23)39-29)30-25(35)16-13-20-9-5-3-6-10-20/h3-17H,18H2,1-2H3,(H,30,35)(H,32,36)/b16-13+. The van der Waals surface area contributed by atoms with E-state index in [9.17, 15) is 14.4 Å². The van der Waals surface area contributed by atoms with Gasteiger partial charge in [-0.05, 0) is 48.9 Å². The molecule has 0 saturated heterocycles. The lowest BCUT2D eigenvalue weighted by Crippen LogP contribution is -2.23. The highest BCUT2D eigenvalue weighted by Gasteiger charge is 2.18. The number of nitrogens with zero attached hydrogens (tertiary/aromatic N) is 3. The fourth-order valence-corrected chi connectivity index (χ4v) is 5.89. The summed E-state index contributed by atoms with van der Waals surface area (Å²) in [5.41, 5.74) is 3.75. The Hall–Kier alpha value is -4.41. The number of carbonyl (C=O) groups excluding carboxylic acids is 2. The minimum atomic E-state index is -0.288. The topological polar surface area (TPSA) is 98.0 Å². The molecule has 2 amide bonds. The molecular formula is C29H25N5O3S2. The average Bonchev–Trinajstić information content (AvgIpc) is 3.45. The monoisotopic (exact) mass is 555 g/mol. The third-order valence-electron chi connectivity index (χ3n) is 6.01. The lowest BCUT2D eigenvalue weighted by Gasteiger charge is -2.07. The van der Waals surface area contributed by atoms with E-state index < -0.39 is 0 Å². The molecule has 2 N–H and O–H groups in total. The largest absolute Gasteiger partial charge is 0.322 e. The van der Waals surface area contributed by atoms with Crippen LogP contribution in [0.15, 0.2) is 94.1 Å². The Morgan fingerprint density at radius 3 is 2.46 bits per heavy atom. The van der Waals surface area contributed by atoms with Crippen molar-refractivity contribution in [1.82, 2.24) is 14.3 Å². The molecule has 0 atom stereocenters. The van der Waals surface area contributed by atoms with Crippen LogP contribution >= 0.6 is 23.1 Å². The number of hydrogen-bond donors (Lipinski definition) is 2. The van der Waals surface area contributed by atoms with Gasteiger partial charge in [0.1, 0.15) is 5.69 Å². The lowest BCUT2D eigenvalue weighted by atomic mass is 10.2. The van der Waals surface area contributed by atoms with Crippen LogP contribution in [0.3, 0.4) is 0 Å². The van der Waals surface area contributed by atoms with E-state index in [1.807, 2.05) is 72.8 Å². The number of thioether (sulfide) groups is 1. The molecule has 2 aromatic heterocycles. The van der Waals surface area contributed by atoms with Gasteiger partial charge < -0.3 is 10.6 Å². The number of fused-ring (bicyclic) bond motifs is 1. The van der Waals surface area contributed by atoms with Gasteiger partial charge in [-0.3, -0.25) is 19.1 Å². The highest BCUT2D eigenvalue weighted by atomic mass is 32.2.